The Morgan fingerprint density at radius 3 is 0.963 bits per heavy atom. The topological polar surface area (TPSA) is 9.72 Å². The van der Waals surface area contributed by atoms with Gasteiger partial charge in [0.1, 0.15) is 0 Å². The Labute approximate surface area is 641 Å². The van der Waals surface area contributed by atoms with Crippen LogP contribution in [-0.2, 0) is 43.3 Å². The van der Waals surface area contributed by atoms with Crippen LogP contribution < -0.4 is 31.1 Å². The molecule has 0 atom stereocenters. The van der Waals surface area contributed by atoms with Crippen molar-refractivity contribution in [3.63, 3.8) is 0 Å². The zero-order chi connectivity index (χ0) is 76.2. The lowest BCUT2D eigenvalue weighted by Crippen LogP contribution is -2.61. The molecule has 0 amide bonds. The number of hydrogen-bond donors (Lipinski definition) is 0. The monoisotopic (exact) mass is 1400 g/mol. The summed E-state index contributed by atoms with van der Waals surface area (Å²) in [6.07, 6.45) is 0. The first kappa shape index (κ1) is 72.7. The van der Waals surface area contributed by atoms with Gasteiger partial charge in [0.25, 0.3) is 6.71 Å². The summed E-state index contributed by atoms with van der Waals surface area (Å²) in [5, 5.41) is 0. The molecule has 0 fully saturated rings. The molecule has 12 aromatic carbocycles. The van der Waals surface area contributed by atoms with Gasteiger partial charge in [-0.1, -0.05) is 323 Å². The summed E-state index contributed by atoms with van der Waals surface area (Å²) in [6, 6.07) is 98.4. The van der Waals surface area contributed by atoms with Crippen LogP contribution in [0.15, 0.2) is 249 Å². The normalized spacial score (nSPS) is 14.1. The number of fused-ring (bicyclic) bond motifs is 7. The molecule has 4 heteroatoms. The molecule has 12 aromatic rings. The second-order valence-electron chi connectivity index (χ2n) is 38.9. The Morgan fingerprint density at radius 1 is 0.252 bits per heavy atom. The molecule has 107 heavy (non-hydrogen) atoms. The number of nitrogens with zero attached hydrogens (tertiary/aromatic N) is 3. The number of benzene rings is 12. The highest BCUT2D eigenvalue weighted by Crippen LogP contribution is 2.55. The lowest BCUT2D eigenvalue weighted by Gasteiger charge is -2.46. The molecule has 3 aliphatic rings. The summed E-state index contributed by atoms with van der Waals surface area (Å²) in [5.74, 6) is 0. The van der Waals surface area contributed by atoms with Gasteiger partial charge in [-0.25, -0.2) is 0 Å². The zero-order valence-corrected chi connectivity index (χ0v) is 68.1. The van der Waals surface area contributed by atoms with Gasteiger partial charge in [0.05, 0.1) is 5.69 Å². The number of rotatable bonds is 9. The lowest BCUT2D eigenvalue weighted by molar-refractivity contribution is 0.590. The van der Waals surface area contributed by atoms with E-state index in [0.29, 0.717) is 0 Å². The van der Waals surface area contributed by atoms with Crippen LogP contribution in [0.25, 0.3) is 55.6 Å². The first-order valence-corrected chi connectivity index (χ1v) is 39.1. The lowest BCUT2D eigenvalue weighted by atomic mass is 9.33. The van der Waals surface area contributed by atoms with Crippen LogP contribution in [0, 0.1) is 0 Å². The van der Waals surface area contributed by atoms with Gasteiger partial charge in [0, 0.05) is 50.9 Å². The van der Waals surface area contributed by atoms with Gasteiger partial charge in [-0.15, -0.1) is 0 Å². The molecule has 2 aliphatic heterocycles. The fourth-order valence-electron chi connectivity index (χ4n) is 16.8. The van der Waals surface area contributed by atoms with Crippen molar-refractivity contribution in [1.82, 2.24) is 0 Å². The third-order valence-corrected chi connectivity index (χ3v) is 23.5. The molecule has 0 radical (unpaired) electrons. The summed E-state index contributed by atoms with van der Waals surface area (Å²) >= 11 is 0. The summed E-state index contributed by atoms with van der Waals surface area (Å²) < 4.78 is 0. The van der Waals surface area contributed by atoms with Crippen LogP contribution in [0.4, 0.5) is 51.2 Å². The standard InChI is InChI=1S/C103H110BN3/c1-96(2,3)73-36-28-65(29-37-73)69-54-70(66-30-38-74(39-31-66)97(4,5)6)57-82(56-69)105(81-50-51-86-85-26-24-25-27-87(85)103(22,23)88(86)62-81)84-63-93-95-94(64-84)107(83-58-71(67-32-40-75(41-33-67)98(7,8)9)55-72(59-83)68-34-42-76(43-35-68)99(10,11)12)92-53-47-79(102(19,20)21)61-90(92)104(95)89-60-78(101(16,17)18)46-52-91(89)106(93)80-48-44-77(45-49-80)100(13,14)15/h24-64H,1-23H3. The Hall–Kier alpha value is -9.90. The highest BCUT2D eigenvalue weighted by Gasteiger charge is 2.46. The SMILES string of the molecule is CC(C)(C)c1ccc(-c2cc(-c3ccc(C(C)(C)C)cc3)cc(N(c3cc4c5c(c3)N(c3cc(-c6ccc(C(C)(C)C)cc6)cc(-c6ccc(C(C)(C)C)cc6)c3)c3ccc(C(C)(C)C)cc3B5c3cc(C(C)(C)C)ccc3N4c3ccc(C(C)(C)C)cc3)c3ccc4c(c3)C(C)(C)c3ccccc3-4)c2)cc1. The predicted octanol–water partition coefficient (Wildman–Crippen LogP) is 27.3. The van der Waals surface area contributed by atoms with E-state index < -0.39 is 0 Å². The summed E-state index contributed by atoms with van der Waals surface area (Å²) in [4.78, 5) is 7.93. The molecule has 540 valence electrons. The first-order chi connectivity index (χ1) is 50.2. The smallest absolute Gasteiger partial charge is 0.252 e. The summed E-state index contributed by atoms with van der Waals surface area (Å²) in [7, 11) is 0. The molecule has 1 aliphatic carbocycles. The van der Waals surface area contributed by atoms with E-state index in [1.54, 1.807) is 0 Å². The fraction of sp³-hybridized carbons (Fsp3) is 0.301. The fourth-order valence-corrected chi connectivity index (χ4v) is 16.8. The summed E-state index contributed by atoms with van der Waals surface area (Å²) in [6.45, 7) is 53.6. The van der Waals surface area contributed by atoms with Gasteiger partial charge in [-0.3, -0.25) is 0 Å². The van der Waals surface area contributed by atoms with Crippen LogP contribution in [0.5, 0.6) is 0 Å². The maximum atomic E-state index is 2.68. The third kappa shape index (κ3) is 13.4. The van der Waals surface area contributed by atoms with Gasteiger partial charge >= 0.3 is 0 Å². The van der Waals surface area contributed by atoms with Gasteiger partial charge in [0.15, 0.2) is 0 Å². The van der Waals surface area contributed by atoms with E-state index in [9.17, 15) is 0 Å². The predicted molar refractivity (Wildman–Crippen MR) is 465 cm³/mol. The molecule has 3 nitrogen and oxygen atoms in total. The Bertz CT molecular complexity index is 5270. The molecule has 0 aromatic heterocycles. The average Bonchev–Trinajstić information content (AvgIpc) is 1.27. The molecular formula is C103H110BN3. The van der Waals surface area contributed by atoms with E-state index in [-0.39, 0.29) is 50.0 Å². The van der Waals surface area contributed by atoms with Crippen molar-refractivity contribution in [3.8, 4) is 55.6 Å². The average molecular weight is 1400 g/mol. The van der Waals surface area contributed by atoms with Crippen LogP contribution in [0.3, 0.4) is 0 Å². The van der Waals surface area contributed by atoms with Crippen molar-refractivity contribution in [2.45, 2.75) is 203 Å². The van der Waals surface area contributed by atoms with Crippen molar-refractivity contribution < 1.29 is 0 Å². The van der Waals surface area contributed by atoms with Crippen molar-refractivity contribution in [3.05, 3.63) is 299 Å². The van der Waals surface area contributed by atoms with E-state index in [1.165, 1.54) is 111 Å². The molecule has 0 saturated carbocycles. The van der Waals surface area contributed by atoms with E-state index in [2.05, 4.69) is 423 Å². The highest BCUT2D eigenvalue weighted by atomic mass is 15.2. The molecule has 0 unspecified atom stereocenters. The van der Waals surface area contributed by atoms with Crippen LogP contribution in [0.1, 0.15) is 209 Å². The van der Waals surface area contributed by atoms with Gasteiger partial charge in [-0.2, -0.15) is 0 Å². The highest BCUT2D eigenvalue weighted by molar-refractivity contribution is 7.00. The third-order valence-electron chi connectivity index (χ3n) is 23.5. The molecule has 0 spiro atoms. The molecule has 0 N–H and O–H groups in total. The van der Waals surface area contributed by atoms with Gasteiger partial charge in [0.2, 0.25) is 0 Å². The van der Waals surface area contributed by atoms with Crippen LogP contribution >= 0.6 is 0 Å². The second-order valence-corrected chi connectivity index (χ2v) is 38.9. The van der Waals surface area contributed by atoms with Crippen molar-refractivity contribution >= 4 is 74.3 Å². The molecule has 0 saturated heterocycles. The van der Waals surface area contributed by atoms with Crippen molar-refractivity contribution in [1.29, 1.82) is 0 Å². The minimum Gasteiger partial charge on any atom is -0.311 e. The van der Waals surface area contributed by atoms with Crippen LogP contribution in [0.2, 0.25) is 0 Å². The largest absolute Gasteiger partial charge is 0.311 e. The molecule has 15 rings (SSSR count). The molecule has 2 heterocycles. The van der Waals surface area contributed by atoms with Crippen molar-refractivity contribution in [2.24, 2.45) is 0 Å². The molecular weight excluding hydrogens is 1290 g/mol. The van der Waals surface area contributed by atoms with E-state index in [1.807, 2.05) is 0 Å². The Balaban J connectivity index is 1.10. The van der Waals surface area contributed by atoms with Gasteiger partial charge in [-0.05, 0) is 245 Å². The quantitative estimate of drug-likeness (QED) is 0.133. The van der Waals surface area contributed by atoms with Crippen LogP contribution in [-0.4, -0.2) is 6.71 Å². The minimum atomic E-state index is -0.278. The van der Waals surface area contributed by atoms with Gasteiger partial charge < -0.3 is 14.7 Å². The first-order valence-electron chi connectivity index (χ1n) is 39.1. The zero-order valence-electron chi connectivity index (χ0n) is 68.1. The molecule has 0 bridgehead atoms. The van der Waals surface area contributed by atoms with E-state index in [0.717, 1.165) is 62.1 Å². The summed E-state index contributed by atoms with van der Waals surface area (Å²) in [5.41, 5.74) is 37.1. The number of hydrogen-bond acceptors (Lipinski definition) is 3. The Kier molecular flexibility index (Phi) is 17.4. The number of anilines is 9. The van der Waals surface area contributed by atoms with E-state index in [4.69, 9.17) is 0 Å². The second kappa shape index (κ2) is 25.6. The Morgan fingerprint density at radius 2 is 0.579 bits per heavy atom. The minimum absolute atomic E-state index is 0.00759. The van der Waals surface area contributed by atoms with E-state index >= 15 is 0 Å². The van der Waals surface area contributed by atoms with Crippen molar-refractivity contribution in [2.75, 3.05) is 14.7 Å². The maximum absolute atomic E-state index is 2.68. The maximum Gasteiger partial charge on any atom is 0.252 e.